The van der Waals surface area contributed by atoms with Gasteiger partial charge >= 0.3 is 5.97 Å². The third-order valence-electron chi connectivity index (χ3n) is 2.86. The van der Waals surface area contributed by atoms with Crippen molar-refractivity contribution in [1.82, 2.24) is 5.32 Å². The van der Waals surface area contributed by atoms with E-state index in [2.05, 4.69) is 5.32 Å². The molecule has 1 amide bonds. The zero-order valence-electron chi connectivity index (χ0n) is 12.8. The maximum absolute atomic E-state index is 12.2. The van der Waals surface area contributed by atoms with E-state index in [1.165, 1.54) is 40.6 Å². The van der Waals surface area contributed by atoms with Gasteiger partial charge in [0, 0.05) is 12.7 Å². The van der Waals surface area contributed by atoms with Crippen molar-refractivity contribution in [3.63, 3.8) is 0 Å². The zero-order valence-corrected chi connectivity index (χ0v) is 12.8. The molecule has 0 aromatic heterocycles. The first-order valence-corrected chi connectivity index (χ1v) is 6.31. The predicted molar refractivity (Wildman–Crippen MR) is 76.9 cm³/mol. The van der Waals surface area contributed by atoms with E-state index >= 15 is 0 Å². The van der Waals surface area contributed by atoms with Crippen molar-refractivity contribution in [2.45, 2.75) is 6.04 Å². The summed E-state index contributed by atoms with van der Waals surface area (Å²) in [5, 5.41) is 11.4. The predicted octanol–water partition coefficient (Wildman–Crippen LogP) is 0.542. The monoisotopic (exact) mass is 313 g/mol. The summed E-state index contributed by atoms with van der Waals surface area (Å²) >= 11 is 0. The average molecular weight is 313 g/mol. The van der Waals surface area contributed by atoms with Crippen molar-refractivity contribution < 1.29 is 33.6 Å². The minimum Gasteiger partial charge on any atom is -0.493 e. The fraction of sp³-hybridized carbons (Fsp3) is 0.429. The lowest BCUT2D eigenvalue weighted by molar-refractivity contribution is -0.140. The lowest BCUT2D eigenvalue weighted by atomic mass is 10.1. The van der Waals surface area contributed by atoms with Crippen molar-refractivity contribution in [1.29, 1.82) is 0 Å². The molecule has 1 aromatic carbocycles. The number of ether oxygens (including phenoxy) is 4. The summed E-state index contributed by atoms with van der Waals surface area (Å²) in [6, 6.07) is 1.71. The minimum absolute atomic E-state index is 0.147. The van der Waals surface area contributed by atoms with Gasteiger partial charge in [-0.2, -0.15) is 0 Å². The molecule has 0 bridgehead atoms. The summed E-state index contributed by atoms with van der Waals surface area (Å²) < 4.78 is 20.2. The second-order valence-electron chi connectivity index (χ2n) is 4.23. The number of carbonyl (C=O) groups excluding carboxylic acids is 1. The number of aliphatic carboxylic acids is 1. The van der Waals surface area contributed by atoms with Crippen LogP contribution in [0.15, 0.2) is 12.1 Å². The topological polar surface area (TPSA) is 103 Å². The van der Waals surface area contributed by atoms with E-state index in [1.54, 1.807) is 0 Å². The molecular formula is C14H19NO7. The minimum atomic E-state index is -1.19. The molecule has 1 aromatic rings. The van der Waals surface area contributed by atoms with Gasteiger partial charge < -0.3 is 29.4 Å². The van der Waals surface area contributed by atoms with E-state index in [1.807, 2.05) is 0 Å². The quantitative estimate of drug-likeness (QED) is 0.722. The Morgan fingerprint density at radius 1 is 1.09 bits per heavy atom. The Labute approximate surface area is 127 Å². The molecular weight excluding hydrogens is 294 g/mol. The van der Waals surface area contributed by atoms with Crippen molar-refractivity contribution >= 4 is 11.9 Å². The highest BCUT2D eigenvalue weighted by Crippen LogP contribution is 2.38. The number of carboxylic acids is 1. The number of rotatable bonds is 8. The van der Waals surface area contributed by atoms with Crippen LogP contribution < -0.4 is 19.5 Å². The largest absolute Gasteiger partial charge is 0.493 e. The molecule has 0 aliphatic rings. The van der Waals surface area contributed by atoms with E-state index < -0.39 is 17.9 Å². The van der Waals surface area contributed by atoms with Crippen molar-refractivity contribution in [3.05, 3.63) is 17.7 Å². The van der Waals surface area contributed by atoms with Gasteiger partial charge in [-0.25, -0.2) is 4.79 Å². The van der Waals surface area contributed by atoms with Crippen LogP contribution in [0.5, 0.6) is 17.2 Å². The van der Waals surface area contributed by atoms with Gasteiger partial charge in [0.05, 0.1) is 27.9 Å². The maximum atomic E-state index is 12.2. The number of carbonyl (C=O) groups is 2. The van der Waals surface area contributed by atoms with Gasteiger partial charge in [-0.05, 0) is 12.1 Å². The van der Waals surface area contributed by atoms with Gasteiger partial charge in [-0.1, -0.05) is 0 Å². The van der Waals surface area contributed by atoms with E-state index in [9.17, 15) is 9.59 Å². The zero-order chi connectivity index (χ0) is 16.7. The van der Waals surface area contributed by atoms with Crippen LogP contribution in [-0.4, -0.2) is 58.1 Å². The molecule has 1 rings (SSSR count). The standard InChI is InChI=1S/C14H19NO7/c1-19-7-9(14(17)18)15-13(16)8-5-10(20-2)12(22-4)11(6-8)21-3/h5-6,9H,7H2,1-4H3,(H,15,16)(H,17,18)/t9-/m0/s1. The molecule has 0 saturated heterocycles. The molecule has 8 nitrogen and oxygen atoms in total. The Morgan fingerprint density at radius 2 is 1.64 bits per heavy atom. The van der Waals surface area contributed by atoms with Gasteiger partial charge in [-0.15, -0.1) is 0 Å². The second-order valence-corrected chi connectivity index (χ2v) is 4.23. The molecule has 2 N–H and O–H groups in total. The number of carboxylic acid groups (broad SMARTS) is 1. The number of amides is 1. The Kier molecular flexibility index (Phi) is 6.46. The Hall–Kier alpha value is -2.48. The maximum Gasteiger partial charge on any atom is 0.328 e. The number of methoxy groups -OCH3 is 4. The molecule has 0 aliphatic carbocycles. The fourth-order valence-electron chi connectivity index (χ4n) is 1.80. The number of benzene rings is 1. The van der Waals surface area contributed by atoms with E-state index in [0.717, 1.165) is 0 Å². The van der Waals surface area contributed by atoms with Gasteiger partial charge in [0.15, 0.2) is 17.5 Å². The number of nitrogens with one attached hydrogen (secondary N) is 1. The highest BCUT2D eigenvalue weighted by molar-refractivity contribution is 5.97. The van der Waals surface area contributed by atoms with Gasteiger partial charge in [-0.3, -0.25) is 4.79 Å². The number of hydrogen-bond donors (Lipinski definition) is 2. The Balaban J connectivity index is 3.09. The molecule has 0 heterocycles. The summed E-state index contributed by atoms with van der Waals surface area (Å²) in [6.45, 7) is -0.147. The first-order valence-electron chi connectivity index (χ1n) is 6.31. The Morgan fingerprint density at radius 3 is 2.00 bits per heavy atom. The van der Waals surface area contributed by atoms with Crippen LogP contribution in [0, 0.1) is 0 Å². The van der Waals surface area contributed by atoms with Crippen molar-refractivity contribution in [2.75, 3.05) is 35.0 Å². The summed E-state index contributed by atoms with van der Waals surface area (Å²) in [7, 11) is 5.63. The van der Waals surface area contributed by atoms with Crippen LogP contribution in [0.25, 0.3) is 0 Å². The third kappa shape index (κ3) is 4.01. The Bertz CT molecular complexity index is 519. The summed E-state index contributed by atoms with van der Waals surface area (Å²) in [5.74, 6) is -0.851. The van der Waals surface area contributed by atoms with Gasteiger partial charge in [0.25, 0.3) is 5.91 Å². The molecule has 0 radical (unpaired) electrons. The second kappa shape index (κ2) is 8.08. The van der Waals surface area contributed by atoms with Gasteiger partial charge in [0.2, 0.25) is 5.75 Å². The third-order valence-corrected chi connectivity index (χ3v) is 2.86. The average Bonchev–Trinajstić information content (AvgIpc) is 2.52. The summed E-state index contributed by atoms with van der Waals surface area (Å²) in [5.41, 5.74) is 0.178. The summed E-state index contributed by atoms with van der Waals surface area (Å²) in [4.78, 5) is 23.2. The molecule has 1 atom stereocenters. The van der Waals surface area contributed by atoms with E-state index in [-0.39, 0.29) is 12.2 Å². The van der Waals surface area contributed by atoms with Crippen LogP contribution in [-0.2, 0) is 9.53 Å². The molecule has 8 heteroatoms. The highest BCUT2D eigenvalue weighted by Gasteiger charge is 2.22. The molecule has 22 heavy (non-hydrogen) atoms. The SMILES string of the molecule is COC[C@H](NC(=O)c1cc(OC)c(OC)c(OC)c1)C(=O)O. The molecule has 0 fully saturated rings. The van der Waals surface area contributed by atoms with E-state index in [4.69, 9.17) is 24.1 Å². The van der Waals surface area contributed by atoms with Crippen LogP contribution >= 0.6 is 0 Å². The highest BCUT2D eigenvalue weighted by atomic mass is 16.5. The van der Waals surface area contributed by atoms with Crippen molar-refractivity contribution in [3.8, 4) is 17.2 Å². The van der Waals surface area contributed by atoms with E-state index in [0.29, 0.717) is 17.2 Å². The first kappa shape index (κ1) is 17.6. The molecule has 0 spiro atoms. The van der Waals surface area contributed by atoms with Crippen LogP contribution in [0.4, 0.5) is 0 Å². The lowest BCUT2D eigenvalue weighted by Crippen LogP contribution is -2.43. The van der Waals surface area contributed by atoms with Crippen molar-refractivity contribution in [2.24, 2.45) is 0 Å². The number of hydrogen-bond acceptors (Lipinski definition) is 6. The molecule has 0 aliphatic heterocycles. The lowest BCUT2D eigenvalue weighted by Gasteiger charge is -2.16. The van der Waals surface area contributed by atoms with Crippen LogP contribution in [0.3, 0.4) is 0 Å². The molecule has 122 valence electrons. The molecule has 0 saturated carbocycles. The van der Waals surface area contributed by atoms with Crippen LogP contribution in [0.1, 0.15) is 10.4 Å². The van der Waals surface area contributed by atoms with Crippen LogP contribution in [0.2, 0.25) is 0 Å². The molecule has 0 unspecified atom stereocenters. The summed E-state index contributed by atoms with van der Waals surface area (Å²) in [6.07, 6.45) is 0. The first-order chi connectivity index (χ1) is 10.5. The fourth-order valence-corrected chi connectivity index (χ4v) is 1.80. The normalized spacial score (nSPS) is 11.5. The van der Waals surface area contributed by atoms with Gasteiger partial charge in [0.1, 0.15) is 0 Å². The smallest absolute Gasteiger partial charge is 0.328 e.